The molecule has 8 heteroatoms. The van der Waals surface area contributed by atoms with E-state index in [4.69, 9.17) is 16.3 Å². The van der Waals surface area contributed by atoms with E-state index in [2.05, 4.69) is 5.10 Å². The molecule has 0 aromatic heterocycles. The van der Waals surface area contributed by atoms with Gasteiger partial charge in [0.05, 0.1) is 23.8 Å². The van der Waals surface area contributed by atoms with Gasteiger partial charge < -0.3 is 4.74 Å². The molecule has 5 nitrogen and oxygen atoms in total. The standard InChI is InChI=1S/C22H18ClFN2O3S/c1-29-19-10-4-15(5-11-19)21-14-22(16-2-8-18(24)9-3-16)26(25-21)30(27,28)20-12-6-17(23)7-13-20/h2-13,22H,14H2,1H3. The van der Waals surface area contributed by atoms with Gasteiger partial charge in [0.1, 0.15) is 11.6 Å². The predicted molar refractivity (Wildman–Crippen MR) is 114 cm³/mol. The van der Waals surface area contributed by atoms with E-state index in [1.165, 1.54) is 36.4 Å². The molecule has 154 valence electrons. The van der Waals surface area contributed by atoms with Crippen LogP contribution >= 0.6 is 11.6 Å². The van der Waals surface area contributed by atoms with Crippen molar-refractivity contribution in [3.05, 3.63) is 94.8 Å². The number of nitrogens with zero attached hydrogens (tertiary/aromatic N) is 2. The summed E-state index contributed by atoms with van der Waals surface area (Å²) in [6, 6.07) is 18.4. The Bertz CT molecular complexity index is 1180. The lowest BCUT2D eigenvalue weighted by molar-refractivity contribution is 0.371. The SMILES string of the molecule is COc1ccc(C2=NN(S(=O)(=O)c3ccc(Cl)cc3)C(c3ccc(F)cc3)C2)cc1. The summed E-state index contributed by atoms with van der Waals surface area (Å²) < 4.78 is 46.4. The summed E-state index contributed by atoms with van der Waals surface area (Å²) in [6.07, 6.45) is 0.352. The third-order valence-corrected chi connectivity index (χ3v) is 6.86. The summed E-state index contributed by atoms with van der Waals surface area (Å²) >= 11 is 5.91. The molecule has 0 bridgehead atoms. The van der Waals surface area contributed by atoms with Crippen LogP contribution in [0.25, 0.3) is 0 Å². The summed E-state index contributed by atoms with van der Waals surface area (Å²) in [5, 5.41) is 4.90. The number of hydrazone groups is 1. The number of methoxy groups -OCH3 is 1. The van der Waals surface area contributed by atoms with Crippen molar-refractivity contribution in [1.29, 1.82) is 0 Å². The lowest BCUT2D eigenvalue weighted by atomic mass is 9.99. The van der Waals surface area contributed by atoms with Crippen molar-refractivity contribution in [2.45, 2.75) is 17.4 Å². The molecular weight excluding hydrogens is 427 g/mol. The summed E-state index contributed by atoms with van der Waals surface area (Å²) in [5.41, 5.74) is 2.06. The van der Waals surface area contributed by atoms with Gasteiger partial charge in [0.25, 0.3) is 10.0 Å². The van der Waals surface area contributed by atoms with Crippen LogP contribution in [0, 0.1) is 5.82 Å². The van der Waals surface area contributed by atoms with Crippen molar-refractivity contribution in [2.24, 2.45) is 5.10 Å². The van der Waals surface area contributed by atoms with Gasteiger partial charge in [-0.1, -0.05) is 23.7 Å². The highest BCUT2D eigenvalue weighted by molar-refractivity contribution is 7.89. The van der Waals surface area contributed by atoms with Gasteiger partial charge in [-0.2, -0.15) is 17.9 Å². The first-order chi connectivity index (χ1) is 14.4. The molecule has 1 atom stereocenters. The predicted octanol–water partition coefficient (Wildman–Crippen LogP) is 5.03. The second-order valence-electron chi connectivity index (χ2n) is 6.78. The Balaban J connectivity index is 1.77. The fourth-order valence-corrected chi connectivity index (χ4v) is 4.88. The first-order valence-electron chi connectivity index (χ1n) is 9.16. The zero-order chi connectivity index (χ0) is 21.3. The monoisotopic (exact) mass is 444 g/mol. The maximum Gasteiger partial charge on any atom is 0.279 e. The number of benzene rings is 3. The van der Waals surface area contributed by atoms with Crippen LogP contribution in [0.3, 0.4) is 0 Å². The van der Waals surface area contributed by atoms with Gasteiger partial charge in [-0.05, 0) is 71.8 Å². The lowest BCUT2D eigenvalue weighted by Crippen LogP contribution is -2.27. The van der Waals surface area contributed by atoms with E-state index < -0.39 is 16.1 Å². The van der Waals surface area contributed by atoms with Crippen LogP contribution in [-0.2, 0) is 10.0 Å². The van der Waals surface area contributed by atoms with E-state index in [1.54, 1.807) is 31.4 Å². The van der Waals surface area contributed by atoms with Crippen molar-refractivity contribution in [3.8, 4) is 5.75 Å². The number of sulfonamides is 1. The van der Waals surface area contributed by atoms with Gasteiger partial charge in [0.15, 0.2) is 0 Å². The van der Waals surface area contributed by atoms with E-state index >= 15 is 0 Å². The Kier molecular flexibility index (Phi) is 5.49. The van der Waals surface area contributed by atoms with Crippen molar-refractivity contribution >= 4 is 27.3 Å². The van der Waals surface area contributed by atoms with Crippen LogP contribution in [0.1, 0.15) is 23.6 Å². The van der Waals surface area contributed by atoms with Crippen molar-refractivity contribution in [1.82, 2.24) is 4.41 Å². The Morgan fingerprint density at radius 3 is 2.23 bits per heavy atom. The first-order valence-corrected chi connectivity index (χ1v) is 11.0. The van der Waals surface area contributed by atoms with E-state index in [1.807, 2.05) is 12.1 Å². The molecule has 0 N–H and O–H groups in total. The Labute approximate surface area is 179 Å². The molecule has 1 unspecified atom stereocenters. The van der Waals surface area contributed by atoms with Gasteiger partial charge in [-0.15, -0.1) is 0 Å². The van der Waals surface area contributed by atoms with Crippen LogP contribution in [0.15, 0.2) is 82.8 Å². The summed E-state index contributed by atoms with van der Waals surface area (Å²) in [6.45, 7) is 0. The zero-order valence-electron chi connectivity index (χ0n) is 16.0. The van der Waals surface area contributed by atoms with E-state index in [0.29, 0.717) is 28.5 Å². The minimum atomic E-state index is -3.95. The highest BCUT2D eigenvalue weighted by Gasteiger charge is 2.37. The lowest BCUT2D eigenvalue weighted by Gasteiger charge is -2.23. The van der Waals surface area contributed by atoms with E-state index in [9.17, 15) is 12.8 Å². The zero-order valence-corrected chi connectivity index (χ0v) is 17.6. The normalized spacial score (nSPS) is 16.4. The van der Waals surface area contributed by atoms with E-state index in [0.717, 1.165) is 9.98 Å². The minimum absolute atomic E-state index is 0.0822. The summed E-state index contributed by atoms with van der Waals surface area (Å²) in [5.74, 6) is 0.304. The maximum absolute atomic E-state index is 13.4. The highest BCUT2D eigenvalue weighted by Crippen LogP contribution is 2.37. The fraction of sp³-hybridized carbons (Fsp3) is 0.136. The number of rotatable bonds is 5. The molecule has 1 heterocycles. The molecule has 1 aliphatic heterocycles. The average molecular weight is 445 g/mol. The van der Waals surface area contributed by atoms with Crippen LogP contribution in [0.2, 0.25) is 5.02 Å². The smallest absolute Gasteiger partial charge is 0.279 e. The molecule has 3 aromatic rings. The second-order valence-corrected chi connectivity index (χ2v) is 9.01. The Morgan fingerprint density at radius 1 is 1.00 bits per heavy atom. The molecule has 0 fully saturated rings. The largest absolute Gasteiger partial charge is 0.497 e. The van der Waals surface area contributed by atoms with Gasteiger partial charge in [0, 0.05) is 11.4 Å². The maximum atomic E-state index is 13.4. The van der Waals surface area contributed by atoms with Crippen LogP contribution < -0.4 is 4.74 Å². The third-order valence-electron chi connectivity index (χ3n) is 4.91. The summed E-state index contributed by atoms with van der Waals surface area (Å²) in [4.78, 5) is 0.0822. The second kappa shape index (κ2) is 8.08. The molecule has 0 saturated heterocycles. The van der Waals surface area contributed by atoms with Crippen molar-refractivity contribution in [3.63, 3.8) is 0 Å². The van der Waals surface area contributed by atoms with Crippen molar-refractivity contribution in [2.75, 3.05) is 7.11 Å². The molecule has 1 aliphatic rings. The molecule has 30 heavy (non-hydrogen) atoms. The van der Waals surface area contributed by atoms with E-state index in [-0.39, 0.29) is 10.7 Å². The molecule has 0 aliphatic carbocycles. The van der Waals surface area contributed by atoms with Crippen LogP contribution in [0.5, 0.6) is 5.75 Å². The van der Waals surface area contributed by atoms with Gasteiger partial charge in [-0.25, -0.2) is 4.39 Å². The minimum Gasteiger partial charge on any atom is -0.497 e. The highest BCUT2D eigenvalue weighted by atomic mass is 35.5. The fourth-order valence-electron chi connectivity index (χ4n) is 3.32. The molecule has 0 saturated carbocycles. The topological polar surface area (TPSA) is 59.0 Å². The van der Waals surface area contributed by atoms with Gasteiger partial charge in [0.2, 0.25) is 0 Å². The molecule has 4 rings (SSSR count). The average Bonchev–Trinajstić information content (AvgIpc) is 3.21. The molecule has 3 aromatic carbocycles. The van der Waals surface area contributed by atoms with Gasteiger partial charge >= 0.3 is 0 Å². The number of ether oxygens (including phenoxy) is 1. The third kappa shape index (κ3) is 3.91. The Hall–Kier alpha value is -2.90. The number of hydrogen-bond acceptors (Lipinski definition) is 4. The quantitative estimate of drug-likeness (QED) is 0.554. The van der Waals surface area contributed by atoms with Gasteiger partial charge in [-0.3, -0.25) is 0 Å². The number of halogens is 2. The summed E-state index contributed by atoms with van der Waals surface area (Å²) in [7, 11) is -2.37. The first kappa shape index (κ1) is 20.4. The molecule has 0 spiro atoms. The van der Waals surface area contributed by atoms with Crippen molar-refractivity contribution < 1.29 is 17.5 Å². The molecule has 0 amide bonds. The van der Waals surface area contributed by atoms with Crippen LogP contribution in [-0.4, -0.2) is 25.7 Å². The molecule has 0 radical (unpaired) electrons. The Morgan fingerprint density at radius 2 is 1.63 bits per heavy atom. The number of hydrogen-bond donors (Lipinski definition) is 0. The van der Waals surface area contributed by atoms with Crippen LogP contribution in [0.4, 0.5) is 4.39 Å². The molecular formula is C22H18ClFN2O3S.